The van der Waals surface area contributed by atoms with E-state index in [1.165, 1.54) is 0 Å². The first kappa shape index (κ1) is 14.6. The fourth-order valence-corrected chi connectivity index (χ4v) is 2.42. The van der Waals surface area contributed by atoms with Crippen LogP contribution in [0.1, 0.15) is 32.1 Å². The van der Waals surface area contributed by atoms with Crippen molar-refractivity contribution in [2.24, 2.45) is 5.41 Å². The van der Waals surface area contributed by atoms with E-state index in [4.69, 9.17) is 9.84 Å². The van der Waals surface area contributed by atoms with Gasteiger partial charge in [-0.3, -0.25) is 0 Å². The van der Waals surface area contributed by atoms with Crippen molar-refractivity contribution in [2.45, 2.75) is 32.1 Å². The van der Waals surface area contributed by atoms with Crippen LogP contribution < -0.4 is 0 Å². The molecule has 1 fully saturated rings. The van der Waals surface area contributed by atoms with Gasteiger partial charge in [-0.2, -0.15) is 0 Å². The zero-order chi connectivity index (χ0) is 12.6. The zero-order valence-corrected chi connectivity index (χ0v) is 10.9. The fraction of sp³-hybridized carbons (Fsp3) is 0.923. The minimum Gasteiger partial charge on any atom is -0.396 e. The standard InChI is InChI=1S/C13H25NO3/c1-14(7-3-2-4-8-15)10-13(11-16)6-5-9-17-12-13/h11,15H,2-10,12H2,1H3. The molecular weight excluding hydrogens is 218 g/mol. The van der Waals surface area contributed by atoms with E-state index in [9.17, 15) is 4.79 Å². The smallest absolute Gasteiger partial charge is 0.129 e. The summed E-state index contributed by atoms with van der Waals surface area (Å²) in [4.78, 5) is 13.5. The summed E-state index contributed by atoms with van der Waals surface area (Å²) in [7, 11) is 2.05. The predicted molar refractivity (Wildman–Crippen MR) is 67.0 cm³/mol. The van der Waals surface area contributed by atoms with Gasteiger partial charge < -0.3 is 19.5 Å². The Labute approximate surface area is 104 Å². The van der Waals surface area contributed by atoms with Crippen LogP contribution >= 0.6 is 0 Å². The lowest BCUT2D eigenvalue weighted by Crippen LogP contribution is -2.43. The Morgan fingerprint density at radius 1 is 1.41 bits per heavy atom. The Morgan fingerprint density at radius 2 is 2.24 bits per heavy atom. The molecule has 4 heteroatoms. The molecule has 1 heterocycles. The van der Waals surface area contributed by atoms with Gasteiger partial charge in [0.15, 0.2) is 0 Å². The molecule has 0 bridgehead atoms. The molecule has 0 aromatic rings. The van der Waals surface area contributed by atoms with Crippen LogP contribution in [0, 0.1) is 5.41 Å². The van der Waals surface area contributed by atoms with Crippen molar-refractivity contribution < 1.29 is 14.6 Å². The first-order valence-electron chi connectivity index (χ1n) is 6.56. The highest BCUT2D eigenvalue weighted by atomic mass is 16.5. The summed E-state index contributed by atoms with van der Waals surface area (Å²) in [5.74, 6) is 0. The molecule has 0 aromatic carbocycles. The quantitative estimate of drug-likeness (QED) is 0.512. The van der Waals surface area contributed by atoms with Gasteiger partial charge in [-0.25, -0.2) is 0 Å². The Hall–Kier alpha value is -0.450. The third-order valence-electron chi connectivity index (χ3n) is 3.39. The monoisotopic (exact) mass is 243 g/mol. The molecule has 1 atom stereocenters. The molecule has 100 valence electrons. The van der Waals surface area contributed by atoms with Gasteiger partial charge in [-0.1, -0.05) is 0 Å². The summed E-state index contributed by atoms with van der Waals surface area (Å²) in [6.07, 6.45) is 6.00. The second kappa shape index (κ2) is 7.80. The molecule has 0 saturated carbocycles. The first-order chi connectivity index (χ1) is 8.22. The van der Waals surface area contributed by atoms with Crippen molar-refractivity contribution in [3.63, 3.8) is 0 Å². The third kappa shape index (κ3) is 5.15. The lowest BCUT2D eigenvalue weighted by molar-refractivity contribution is -0.125. The van der Waals surface area contributed by atoms with Gasteiger partial charge in [0.1, 0.15) is 6.29 Å². The molecule has 1 aliphatic heterocycles. The summed E-state index contributed by atoms with van der Waals surface area (Å²) < 4.78 is 5.43. The molecule has 1 saturated heterocycles. The van der Waals surface area contributed by atoms with Crippen LogP contribution in [0.2, 0.25) is 0 Å². The van der Waals surface area contributed by atoms with Gasteiger partial charge in [0, 0.05) is 19.8 Å². The molecule has 1 aliphatic rings. The number of aliphatic hydroxyl groups excluding tert-OH is 1. The Balaban J connectivity index is 2.26. The second-order valence-electron chi connectivity index (χ2n) is 5.16. The number of hydrogen-bond donors (Lipinski definition) is 1. The number of aldehydes is 1. The van der Waals surface area contributed by atoms with Crippen LogP contribution in [0.25, 0.3) is 0 Å². The maximum atomic E-state index is 11.3. The first-order valence-corrected chi connectivity index (χ1v) is 6.56. The van der Waals surface area contributed by atoms with Gasteiger partial charge in [0.05, 0.1) is 12.0 Å². The second-order valence-corrected chi connectivity index (χ2v) is 5.16. The summed E-state index contributed by atoms with van der Waals surface area (Å²) in [6.45, 7) is 3.40. The molecule has 0 aromatic heterocycles. The van der Waals surface area contributed by atoms with Crippen LogP contribution in [-0.2, 0) is 9.53 Å². The van der Waals surface area contributed by atoms with Gasteiger partial charge in [-0.15, -0.1) is 0 Å². The number of aliphatic hydroxyl groups is 1. The molecule has 4 nitrogen and oxygen atoms in total. The van der Waals surface area contributed by atoms with Gasteiger partial charge >= 0.3 is 0 Å². The van der Waals surface area contributed by atoms with Crippen LogP contribution in [0.4, 0.5) is 0 Å². The number of rotatable bonds is 8. The predicted octanol–water partition coefficient (Wildman–Crippen LogP) is 1.08. The van der Waals surface area contributed by atoms with Crippen molar-refractivity contribution >= 4 is 6.29 Å². The Morgan fingerprint density at radius 3 is 2.82 bits per heavy atom. The zero-order valence-electron chi connectivity index (χ0n) is 10.9. The van der Waals surface area contributed by atoms with Crippen molar-refractivity contribution in [3.05, 3.63) is 0 Å². The molecule has 0 aliphatic carbocycles. The molecule has 17 heavy (non-hydrogen) atoms. The van der Waals surface area contributed by atoms with E-state index >= 15 is 0 Å². The van der Waals surface area contributed by atoms with Crippen molar-refractivity contribution in [3.8, 4) is 0 Å². The van der Waals surface area contributed by atoms with E-state index in [1.807, 2.05) is 0 Å². The van der Waals surface area contributed by atoms with E-state index in [0.29, 0.717) is 6.61 Å². The van der Waals surface area contributed by atoms with Crippen LogP contribution in [0.3, 0.4) is 0 Å². The number of ether oxygens (including phenoxy) is 1. The van der Waals surface area contributed by atoms with Crippen molar-refractivity contribution in [2.75, 3.05) is 40.0 Å². The summed E-state index contributed by atoms with van der Waals surface area (Å²) in [5, 5.41) is 8.70. The highest BCUT2D eigenvalue weighted by Crippen LogP contribution is 2.27. The molecular formula is C13H25NO3. The largest absolute Gasteiger partial charge is 0.396 e. The van der Waals surface area contributed by atoms with Gasteiger partial charge in [0.25, 0.3) is 0 Å². The molecule has 1 unspecified atom stereocenters. The van der Waals surface area contributed by atoms with E-state index in [0.717, 1.165) is 58.1 Å². The van der Waals surface area contributed by atoms with E-state index < -0.39 is 0 Å². The number of nitrogens with zero attached hydrogens (tertiary/aromatic N) is 1. The number of unbranched alkanes of at least 4 members (excludes halogenated alkanes) is 2. The molecule has 0 amide bonds. The molecule has 1 rings (SSSR count). The Bertz CT molecular complexity index is 215. The lowest BCUT2D eigenvalue weighted by Gasteiger charge is -2.35. The maximum absolute atomic E-state index is 11.3. The van der Waals surface area contributed by atoms with E-state index in [-0.39, 0.29) is 12.0 Å². The molecule has 0 spiro atoms. The lowest BCUT2D eigenvalue weighted by atomic mass is 9.83. The number of hydrogen-bond acceptors (Lipinski definition) is 4. The highest BCUT2D eigenvalue weighted by molar-refractivity contribution is 5.60. The van der Waals surface area contributed by atoms with E-state index in [2.05, 4.69) is 11.9 Å². The summed E-state index contributed by atoms with van der Waals surface area (Å²) in [5.41, 5.74) is -0.288. The van der Waals surface area contributed by atoms with Gasteiger partial charge in [-0.05, 0) is 45.7 Å². The fourth-order valence-electron chi connectivity index (χ4n) is 2.42. The Kier molecular flexibility index (Phi) is 6.70. The minimum atomic E-state index is -0.288. The SMILES string of the molecule is CN(CCCCCO)CC1(C=O)CCCOC1. The summed E-state index contributed by atoms with van der Waals surface area (Å²) >= 11 is 0. The number of carbonyl (C=O) groups excluding carboxylic acids is 1. The number of carbonyl (C=O) groups is 1. The van der Waals surface area contributed by atoms with Crippen molar-refractivity contribution in [1.82, 2.24) is 4.90 Å². The third-order valence-corrected chi connectivity index (χ3v) is 3.39. The average Bonchev–Trinajstić information content (AvgIpc) is 2.36. The van der Waals surface area contributed by atoms with Gasteiger partial charge in [0.2, 0.25) is 0 Å². The molecule has 1 N–H and O–H groups in total. The van der Waals surface area contributed by atoms with Crippen molar-refractivity contribution in [1.29, 1.82) is 0 Å². The maximum Gasteiger partial charge on any atom is 0.129 e. The van der Waals surface area contributed by atoms with Crippen LogP contribution in [0.15, 0.2) is 0 Å². The normalized spacial score (nSPS) is 25.1. The van der Waals surface area contributed by atoms with Crippen LogP contribution in [-0.4, -0.2) is 56.3 Å². The van der Waals surface area contributed by atoms with Crippen LogP contribution in [0.5, 0.6) is 0 Å². The summed E-state index contributed by atoms with van der Waals surface area (Å²) in [6, 6.07) is 0. The minimum absolute atomic E-state index is 0.274. The molecule has 0 radical (unpaired) electrons. The topological polar surface area (TPSA) is 49.8 Å². The highest BCUT2D eigenvalue weighted by Gasteiger charge is 2.33. The van der Waals surface area contributed by atoms with E-state index in [1.54, 1.807) is 0 Å². The average molecular weight is 243 g/mol.